The van der Waals surface area contributed by atoms with Gasteiger partial charge in [0.05, 0.1) is 0 Å². The molecule has 3 heteroatoms. The fourth-order valence-corrected chi connectivity index (χ4v) is 2.66. The number of rotatable bonds is 3. The number of hydrogen-bond donors (Lipinski definition) is 1. The molecule has 1 aliphatic heterocycles. The molecule has 1 aromatic rings. The van der Waals surface area contributed by atoms with E-state index >= 15 is 0 Å². The van der Waals surface area contributed by atoms with Crippen molar-refractivity contribution in [1.29, 1.82) is 0 Å². The maximum atomic E-state index is 3.48. The van der Waals surface area contributed by atoms with Crippen molar-refractivity contribution >= 4 is 15.9 Å². The quantitative estimate of drug-likeness (QED) is 0.923. The van der Waals surface area contributed by atoms with Crippen LogP contribution in [0.5, 0.6) is 0 Å². The van der Waals surface area contributed by atoms with E-state index in [1.54, 1.807) is 0 Å². The number of hydrogen-bond acceptors (Lipinski definition) is 2. The highest BCUT2D eigenvalue weighted by atomic mass is 79.9. The molecular weight excluding hydrogens is 276 g/mol. The summed E-state index contributed by atoms with van der Waals surface area (Å²) in [5.41, 5.74) is 1.43. The smallest absolute Gasteiger partial charge is 0.0175 e. The summed E-state index contributed by atoms with van der Waals surface area (Å²) >= 11 is 3.48. The van der Waals surface area contributed by atoms with E-state index in [1.807, 2.05) is 0 Å². The monoisotopic (exact) mass is 296 g/mol. The highest BCUT2D eigenvalue weighted by Gasteiger charge is 2.15. The molecule has 1 N–H and O–H groups in total. The molecule has 0 saturated carbocycles. The Hall–Kier alpha value is -0.380. The van der Waals surface area contributed by atoms with Gasteiger partial charge in [-0.1, -0.05) is 28.1 Å². The van der Waals surface area contributed by atoms with E-state index in [4.69, 9.17) is 0 Å². The maximum Gasteiger partial charge on any atom is 0.0175 e. The summed E-state index contributed by atoms with van der Waals surface area (Å²) in [6.07, 6.45) is 2.41. The predicted molar refractivity (Wildman–Crippen MR) is 76.4 cm³/mol. The van der Waals surface area contributed by atoms with Gasteiger partial charge in [0.15, 0.2) is 0 Å². The van der Waals surface area contributed by atoms with Gasteiger partial charge in [-0.05, 0) is 50.6 Å². The SMILES string of the molecule is CC(Cc1ccc(Br)cc1)N1CCCNCC1. The second-order valence-electron chi connectivity index (χ2n) is 4.82. The fourth-order valence-electron chi connectivity index (χ4n) is 2.40. The zero-order valence-electron chi connectivity index (χ0n) is 10.5. The topological polar surface area (TPSA) is 15.3 Å². The molecule has 0 bridgehead atoms. The van der Waals surface area contributed by atoms with Gasteiger partial charge in [0, 0.05) is 23.6 Å². The summed E-state index contributed by atoms with van der Waals surface area (Å²) in [6.45, 7) is 7.04. The van der Waals surface area contributed by atoms with Gasteiger partial charge in [-0.15, -0.1) is 0 Å². The summed E-state index contributed by atoms with van der Waals surface area (Å²) in [5, 5.41) is 3.46. The van der Waals surface area contributed by atoms with E-state index < -0.39 is 0 Å². The Kier molecular flexibility index (Phi) is 5.01. The lowest BCUT2D eigenvalue weighted by atomic mass is 10.1. The van der Waals surface area contributed by atoms with Crippen molar-refractivity contribution in [1.82, 2.24) is 10.2 Å². The van der Waals surface area contributed by atoms with Crippen LogP contribution in [0.4, 0.5) is 0 Å². The van der Waals surface area contributed by atoms with E-state index in [-0.39, 0.29) is 0 Å². The second kappa shape index (κ2) is 6.53. The molecule has 1 unspecified atom stereocenters. The Morgan fingerprint density at radius 1 is 1.24 bits per heavy atom. The van der Waals surface area contributed by atoms with Gasteiger partial charge in [-0.3, -0.25) is 4.90 Å². The summed E-state index contributed by atoms with van der Waals surface area (Å²) in [4.78, 5) is 2.60. The van der Waals surface area contributed by atoms with Crippen LogP contribution in [0.15, 0.2) is 28.7 Å². The van der Waals surface area contributed by atoms with E-state index in [1.165, 1.54) is 31.6 Å². The molecule has 2 rings (SSSR count). The van der Waals surface area contributed by atoms with Gasteiger partial charge in [0.25, 0.3) is 0 Å². The van der Waals surface area contributed by atoms with Gasteiger partial charge >= 0.3 is 0 Å². The molecule has 1 heterocycles. The van der Waals surface area contributed by atoms with Crippen LogP contribution in [0.25, 0.3) is 0 Å². The van der Waals surface area contributed by atoms with Gasteiger partial charge in [-0.25, -0.2) is 0 Å². The van der Waals surface area contributed by atoms with Crippen molar-refractivity contribution in [2.24, 2.45) is 0 Å². The van der Waals surface area contributed by atoms with Crippen molar-refractivity contribution in [2.45, 2.75) is 25.8 Å². The van der Waals surface area contributed by atoms with E-state index in [9.17, 15) is 0 Å². The third-order valence-corrected chi connectivity index (χ3v) is 3.97. The maximum absolute atomic E-state index is 3.48. The summed E-state index contributed by atoms with van der Waals surface area (Å²) in [5.74, 6) is 0. The summed E-state index contributed by atoms with van der Waals surface area (Å²) < 4.78 is 1.16. The Morgan fingerprint density at radius 2 is 2.00 bits per heavy atom. The van der Waals surface area contributed by atoms with Crippen molar-refractivity contribution in [3.63, 3.8) is 0 Å². The molecule has 1 fully saturated rings. The van der Waals surface area contributed by atoms with Crippen molar-refractivity contribution in [3.05, 3.63) is 34.3 Å². The molecular formula is C14H21BrN2. The Balaban J connectivity index is 1.90. The van der Waals surface area contributed by atoms with Crippen LogP contribution in [-0.2, 0) is 6.42 Å². The van der Waals surface area contributed by atoms with Gasteiger partial charge in [-0.2, -0.15) is 0 Å². The average Bonchev–Trinajstić information content (AvgIpc) is 2.61. The van der Waals surface area contributed by atoms with Gasteiger partial charge < -0.3 is 5.32 Å². The largest absolute Gasteiger partial charge is 0.315 e. The van der Waals surface area contributed by atoms with E-state index in [0.29, 0.717) is 6.04 Å². The van der Waals surface area contributed by atoms with Crippen molar-refractivity contribution < 1.29 is 0 Å². The van der Waals surface area contributed by atoms with E-state index in [2.05, 4.69) is 57.3 Å². The molecule has 2 nitrogen and oxygen atoms in total. The van der Waals surface area contributed by atoms with Crippen LogP contribution >= 0.6 is 15.9 Å². The molecule has 0 amide bonds. The number of benzene rings is 1. The standard InChI is InChI=1S/C14H21BrN2/c1-12(17-9-2-7-16-8-10-17)11-13-3-5-14(15)6-4-13/h3-6,12,16H,2,7-11H2,1H3. The minimum Gasteiger partial charge on any atom is -0.315 e. The minimum atomic E-state index is 0.635. The lowest BCUT2D eigenvalue weighted by molar-refractivity contribution is 0.221. The van der Waals surface area contributed by atoms with Crippen LogP contribution in [0.3, 0.4) is 0 Å². The van der Waals surface area contributed by atoms with Crippen LogP contribution in [0, 0.1) is 0 Å². The predicted octanol–water partition coefficient (Wildman–Crippen LogP) is 2.68. The van der Waals surface area contributed by atoms with Crippen molar-refractivity contribution in [3.8, 4) is 0 Å². The van der Waals surface area contributed by atoms with Crippen LogP contribution in [-0.4, -0.2) is 37.1 Å². The van der Waals surface area contributed by atoms with Crippen LogP contribution in [0.2, 0.25) is 0 Å². The zero-order valence-corrected chi connectivity index (χ0v) is 12.0. The first-order valence-electron chi connectivity index (χ1n) is 6.45. The normalized spacial score (nSPS) is 19.9. The molecule has 1 atom stereocenters. The highest BCUT2D eigenvalue weighted by Crippen LogP contribution is 2.14. The lowest BCUT2D eigenvalue weighted by Gasteiger charge is -2.27. The fraction of sp³-hybridized carbons (Fsp3) is 0.571. The highest BCUT2D eigenvalue weighted by molar-refractivity contribution is 9.10. The first-order chi connectivity index (χ1) is 8.25. The second-order valence-corrected chi connectivity index (χ2v) is 5.73. The summed E-state index contributed by atoms with van der Waals surface area (Å²) in [6, 6.07) is 9.34. The molecule has 1 saturated heterocycles. The number of nitrogens with zero attached hydrogens (tertiary/aromatic N) is 1. The third kappa shape index (κ3) is 4.09. The average molecular weight is 297 g/mol. The Bertz CT molecular complexity index is 329. The lowest BCUT2D eigenvalue weighted by Crippen LogP contribution is -2.37. The molecule has 0 radical (unpaired) electrons. The molecule has 17 heavy (non-hydrogen) atoms. The zero-order chi connectivity index (χ0) is 12.1. The molecule has 0 spiro atoms. The molecule has 0 aliphatic carbocycles. The number of nitrogens with one attached hydrogen (secondary N) is 1. The molecule has 1 aliphatic rings. The Labute approximate surface area is 113 Å². The number of halogens is 1. The first-order valence-corrected chi connectivity index (χ1v) is 7.24. The van der Waals surface area contributed by atoms with Gasteiger partial charge in [0.1, 0.15) is 0 Å². The van der Waals surface area contributed by atoms with Crippen LogP contribution < -0.4 is 5.32 Å². The van der Waals surface area contributed by atoms with Gasteiger partial charge in [0.2, 0.25) is 0 Å². The first kappa shape index (κ1) is 13.1. The van der Waals surface area contributed by atoms with Crippen LogP contribution in [0.1, 0.15) is 18.9 Å². The Morgan fingerprint density at radius 3 is 2.76 bits per heavy atom. The molecule has 94 valence electrons. The van der Waals surface area contributed by atoms with Crippen molar-refractivity contribution in [2.75, 3.05) is 26.2 Å². The third-order valence-electron chi connectivity index (χ3n) is 3.44. The molecule has 0 aromatic heterocycles. The van der Waals surface area contributed by atoms with E-state index in [0.717, 1.165) is 17.4 Å². The summed E-state index contributed by atoms with van der Waals surface area (Å²) in [7, 11) is 0. The minimum absolute atomic E-state index is 0.635. The molecule has 1 aromatic carbocycles.